The fraction of sp³-hybridized carbons (Fsp3) is 0.727. The lowest BCUT2D eigenvalue weighted by Crippen LogP contribution is -2.41. The van der Waals surface area contributed by atoms with Crippen LogP contribution in [0, 0.1) is 5.92 Å². The normalized spacial score (nSPS) is 20.2. The Balaban J connectivity index is 1.93. The summed E-state index contributed by atoms with van der Waals surface area (Å²) in [5, 5.41) is 3.37. The number of carbonyl (C=O) groups is 1. The molecule has 1 aromatic rings. The van der Waals surface area contributed by atoms with Crippen molar-refractivity contribution in [3.05, 3.63) is 11.9 Å². The molecule has 1 N–H and O–H groups in total. The summed E-state index contributed by atoms with van der Waals surface area (Å²) in [5.41, 5.74) is 0.473. The summed E-state index contributed by atoms with van der Waals surface area (Å²) in [6.07, 6.45) is 3.95. The topological polar surface area (TPSA) is 58.1 Å². The summed E-state index contributed by atoms with van der Waals surface area (Å²) in [6, 6.07) is 0. The zero-order chi connectivity index (χ0) is 12.1. The van der Waals surface area contributed by atoms with Crippen LogP contribution in [-0.2, 0) is 0 Å². The fourth-order valence-corrected chi connectivity index (χ4v) is 2.58. The average molecular weight is 254 g/mol. The lowest BCUT2D eigenvalue weighted by atomic mass is 9.99. The lowest BCUT2D eigenvalue weighted by Gasteiger charge is -2.29. The largest absolute Gasteiger partial charge is 0.337 e. The molecule has 2 heterocycles. The first kappa shape index (κ1) is 12.4. The maximum Gasteiger partial charge on any atom is 0.275 e. The van der Waals surface area contributed by atoms with Crippen molar-refractivity contribution in [2.24, 2.45) is 5.92 Å². The molecule has 1 aromatic heterocycles. The van der Waals surface area contributed by atoms with E-state index in [4.69, 9.17) is 0 Å². The monoisotopic (exact) mass is 254 g/mol. The molecule has 6 heteroatoms. The summed E-state index contributed by atoms with van der Waals surface area (Å²) < 4.78 is 7.88. The van der Waals surface area contributed by atoms with E-state index in [1.54, 1.807) is 6.20 Å². The molecule has 0 bridgehead atoms. The van der Waals surface area contributed by atoms with Crippen LogP contribution in [-0.4, -0.2) is 45.7 Å². The number of nitrogens with one attached hydrogen (secondary N) is 1. The van der Waals surface area contributed by atoms with Gasteiger partial charge in [-0.3, -0.25) is 4.79 Å². The second-order valence-corrected chi connectivity index (χ2v) is 4.91. The van der Waals surface area contributed by atoms with Crippen molar-refractivity contribution < 1.29 is 4.79 Å². The third-order valence-electron chi connectivity index (χ3n) is 3.13. The summed E-state index contributed by atoms with van der Waals surface area (Å²) in [4.78, 5) is 14.0. The SMILES string of the molecule is CCN(CC1CCCNC1)C(=O)c1cnsn1. The smallest absolute Gasteiger partial charge is 0.275 e. The minimum Gasteiger partial charge on any atom is -0.337 e. The minimum absolute atomic E-state index is 0.00632. The Kier molecular flexibility index (Phi) is 4.44. The molecule has 94 valence electrons. The van der Waals surface area contributed by atoms with Crippen LogP contribution >= 0.6 is 11.7 Å². The van der Waals surface area contributed by atoms with Crippen LogP contribution in [0.1, 0.15) is 30.3 Å². The summed E-state index contributed by atoms with van der Waals surface area (Å²) in [6.45, 7) is 5.67. The van der Waals surface area contributed by atoms with Crippen LogP contribution in [0.4, 0.5) is 0 Å². The molecule has 0 radical (unpaired) electrons. The van der Waals surface area contributed by atoms with Gasteiger partial charge in [0, 0.05) is 13.1 Å². The van der Waals surface area contributed by atoms with E-state index in [-0.39, 0.29) is 5.91 Å². The number of hydrogen-bond donors (Lipinski definition) is 1. The Labute approximate surface area is 106 Å². The first-order valence-corrected chi connectivity index (χ1v) is 6.82. The molecule has 1 aliphatic heterocycles. The highest BCUT2D eigenvalue weighted by atomic mass is 32.1. The molecule has 2 rings (SSSR count). The molecule has 1 unspecified atom stereocenters. The van der Waals surface area contributed by atoms with Crippen molar-refractivity contribution in [2.75, 3.05) is 26.2 Å². The molecular formula is C11H18N4OS. The third-order valence-corrected chi connectivity index (χ3v) is 3.60. The highest BCUT2D eigenvalue weighted by Gasteiger charge is 2.21. The molecule has 1 atom stereocenters. The van der Waals surface area contributed by atoms with Crippen LogP contribution in [0.5, 0.6) is 0 Å². The Morgan fingerprint density at radius 1 is 1.71 bits per heavy atom. The standard InChI is InChI=1S/C11H18N4OS/c1-2-15(8-9-4-3-5-12-6-9)11(16)10-7-13-17-14-10/h7,9,12H,2-6,8H2,1H3. The lowest BCUT2D eigenvalue weighted by molar-refractivity contribution is 0.0724. The predicted molar refractivity (Wildman–Crippen MR) is 67.1 cm³/mol. The van der Waals surface area contributed by atoms with Crippen molar-refractivity contribution >= 4 is 17.6 Å². The molecule has 0 spiro atoms. The van der Waals surface area contributed by atoms with Gasteiger partial charge in [-0.2, -0.15) is 8.75 Å². The van der Waals surface area contributed by atoms with Gasteiger partial charge in [0.25, 0.3) is 5.91 Å². The van der Waals surface area contributed by atoms with Gasteiger partial charge >= 0.3 is 0 Å². The maximum atomic E-state index is 12.1. The van der Waals surface area contributed by atoms with Gasteiger partial charge in [-0.05, 0) is 38.8 Å². The molecule has 1 fully saturated rings. The zero-order valence-corrected chi connectivity index (χ0v) is 10.9. The molecule has 1 amide bonds. The highest BCUT2D eigenvalue weighted by Crippen LogP contribution is 2.13. The molecule has 0 aliphatic carbocycles. The fourth-order valence-electron chi connectivity index (χ4n) is 2.17. The van der Waals surface area contributed by atoms with Gasteiger partial charge in [-0.15, -0.1) is 0 Å². The number of carbonyl (C=O) groups excluding carboxylic acids is 1. The third kappa shape index (κ3) is 3.23. The van der Waals surface area contributed by atoms with E-state index >= 15 is 0 Å². The second-order valence-electron chi connectivity index (χ2n) is 4.35. The van der Waals surface area contributed by atoms with E-state index in [1.807, 2.05) is 11.8 Å². The van der Waals surface area contributed by atoms with Gasteiger partial charge in [0.05, 0.1) is 17.9 Å². The van der Waals surface area contributed by atoms with Crippen LogP contribution in [0.2, 0.25) is 0 Å². The summed E-state index contributed by atoms with van der Waals surface area (Å²) in [7, 11) is 0. The van der Waals surface area contributed by atoms with Crippen LogP contribution in [0.25, 0.3) is 0 Å². The molecule has 1 aliphatic rings. The van der Waals surface area contributed by atoms with E-state index in [1.165, 1.54) is 12.8 Å². The van der Waals surface area contributed by atoms with Crippen LogP contribution < -0.4 is 5.32 Å². The molecule has 1 saturated heterocycles. The number of nitrogens with zero attached hydrogens (tertiary/aromatic N) is 3. The first-order chi connectivity index (χ1) is 8.31. The second kappa shape index (κ2) is 6.07. The Morgan fingerprint density at radius 2 is 2.59 bits per heavy atom. The number of amides is 1. The Morgan fingerprint density at radius 3 is 3.18 bits per heavy atom. The van der Waals surface area contributed by atoms with Gasteiger partial charge in [-0.1, -0.05) is 0 Å². The van der Waals surface area contributed by atoms with E-state index in [0.717, 1.165) is 37.9 Å². The van der Waals surface area contributed by atoms with E-state index in [9.17, 15) is 4.79 Å². The molecule has 17 heavy (non-hydrogen) atoms. The Hall–Kier alpha value is -1.01. The van der Waals surface area contributed by atoms with Crippen molar-refractivity contribution in [1.82, 2.24) is 19.0 Å². The first-order valence-electron chi connectivity index (χ1n) is 6.08. The molecule has 0 saturated carbocycles. The quantitative estimate of drug-likeness (QED) is 0.871. The number of rotatable bonds is 4. The van der Waals surface area contributed by atoms with Gasteiger partial charge in [-0.25, -0.2) is 0 Å². The van der Waals surface area contributed by atoms with Gasteiger partial charge in [0.15, 0.2) is 5.69 Å². The van der Waals surface area contributed by atoms with Gasteiger partial charge in [0.2, 0.25) is 0 Å². The number of piperidine rings is 1. The van der Waals surface area contributed by atoms with Crippen LogP contribution in [0.15, 0.2) is 6.20 Å². The van der Waals surface area contributed by atoms with Crippen molar-refractivity contribution in [3.63, 3.8) is 0 Å². The van der Waals surface area contributed by atoms with Crippen molar-refractivity contribution in [1.29, 1.82) is 0 Å². The molecule has 0 aromatic carbocycles. The predicted octanol–water partition coefficient (Wildman–Crippen LogP) is 1.000. The van der Waals surface area contributed by atoms with Crippen molar-refractivity contribution in [3.8, 4) is 0 Å². The Bertz CT molecular complexity index is 348. The number of aromatic nitrogens is 2. The van der Waals surface area contributed by atoms with Crippen LogP contribution in [0.3, 0.4) is 0 Å². The number of hydrogen-bond acceptors (Lipinski definition) is 5. The maximum absolute atomic E-state index is 12.1. The summed E-state index contributed by atoms with van der Waals surface area (Å²) in [5.74, 6) is 0.575. The van der Waals surface area contributed by atoms with E-state index in [0.29, 0.717) is 11.6 Å². The van der Waals surface area contributed by atoms with Gasteiger partial charge < -0.3 is 10.2 Å². The molecule has 5 nitrogen and oxygen atoms in total. The van der Waals surface area contributed by atoms with E-state index < -0.39 is 0 Å². The molecular weight excluding hydrogens is 236 g/mol. The average Bonchev–Trinajstić information content (AvgIpc) is 2.90. The highest BCUT2D eigenvalue weighted by molar-refractivity contribution is 6.99. The van der Waals surface area contributed by atoms with Crippen molar-refractivity contribution in [2.45, 2.75) is 19.8 Å². The van der Waals surface area contributed by atoms with Gasteiger partial charge in [0.1, 0.15) is 0 Å². The summed E-state index contributed by atoms with van der Waals surface area (Å²) >= 11 is 1.08. The van der Waals surface area contributed by atoms with E-state index in [2.05, 4.69) is 14.1 Å². The minimum atomic E-state index is 0.00632. The zero-order valence-electron chi connectivity index (χ0n) is 10.1.